The lowest BCUT2D eigenvalue weighted by atomic mass is 10.2. The van der Waals surface area contributed by atoms with Crippen molar-refractivity contribution in [2.45, 2.75) is 25.7 Å². The number of aliphatic imine (C=N–C) groups is 2. The van der Waals surface area contributed by atoms with Crippen molar-refractivity contribution >= 4 is 12.4 Å². The second-order valence-electron chi connectivity index (χ2n) is 5.56. The van der Waals surface area contributed by atoms with Gasteiger partial charge in [0.15, 0.2) is 0 Å². The van der Waals surface area contributed by atoms with Crippen molar-refractivity contribution in [1.29, 1.82) is 0 Å². The van der Waals surface area contributed by atoms with E-state index in [2.05, 4.69) is 9.98 Å². The molecular formula is C20H22N2O2-2. The van der Waals surface area contributed by atoms with Crippen molar-refractivity contribution in [2.24, 2.45) is 9.98 Å². The highest BCUT2D eigenvalue weighted by Crippen LogP contribution is 2.10. The normalized spacial score (nSPS) is 11.5. The molecule has 24 heavy (non-hydrogen) atoms. The lowest BCUT2D eigenvalue weighted by Gasteiger charge is -2.08. The van der Waals surface area contributed by atoms with Gasteiger partial charge in [0.25, 0.3) is 0 Å². The molecule has 2 rings (SSSR count). The molecule has 0 saturated heterocycles. The fourth-order valence-corrected chi connectivity index (χ4v) is 2.26. The first-order valence-electron chi connectivity index (χ1n) is 8.29. The summed E-state index contributed by atoms with van der Waals surface area (Å²) in [5.41, 5.74) is 1.29. The summed E-state index contributed by atoms with van der Waals surface area (Å²) in [5, 5.41) is 23.0. The molecule has 2 aromatic rings. The highest BCUT2D eigenvalue weighted by atomic mass is 16.3. The molecule has 0 amide bonds. The zero-order chi connectivity index (χ0) is 17.0. The highest BCUT2D eigenvalue weighted by Gasteiger charge is 1.91. The van der Waals surface area contributed by atoms with E-state index >= 15 is 0 Å². The molecule has 4 nitrogen and oxygen atoms in total. The molecule has 126 valence electrons. The molecule has 0 unspecified atom stereocenters. The monoisotopic (exact) mass is 322 g/mol. The Morgan fingerprint density at radius 2 is 1.04 bits per heavy atom. The van der Waals surface area contributed by atoms with Crippen LogP contribution in [0.1, 0.15) is 36.8 Å². The van der Waals surface area contributed by atoms with Crippen LogP contribution < -0.4 is 10.2 Å². The van der Waals surface area contributed by atoms with Crippen molar-refractivity contribution < 1.29 is 10.2 Å². The topological polar surface area (TPSA) is 70.8 Å². The third kappa shape index (κ3) is 6.24. The van der Waals surface area contributed by atoms with E-state index < -0.39 is 0 Å². The summed E-state index contributed by atoms with van der Waals surface area (Å²) in [6, 6.07) is 13.8. The fraction of sp³-hybridized carbons (Fsp3) is 0.300. The zero-order valence-corrected chi connectivity index (χ0v) is 13.7. The van der Waals surface area contributed by atoms with Crippen LogP contribution in [-0.4, -0.2) is 25.5 Å². The Bertz CT molecular complexity index is 621. The largest absolute Gasteiger partial charge is 0.872 e. The fourth-order valence-electron chi connectivity index (χ4n) is 2.26. The Morgan fingerprint density at radius 3 is 1.46 bits per heavy atom. The van der Waals surface area contributed by atoms with Crippen LogP contribution in [0.15, 0.2) is 58.5 Å². The predicted octanol–water partition coefficient (Wildman–Crippen LogP) is 2.93. The van der Waals surface area contributed by atoms with Gasteiger partial charge in [0.05, 0.1) is 0 Å². The standard InChI is InChI=1S/C20H24N2O2/c23-19-11-5-3-9-17(19)15-21-13-7-1-2-8-14-22-16-18-10-4-6-12-20(18)24/h3-6,9-12,15-16,23-24H,1-2,7-8,13-14H2/p-2. The number of unbranched alkanes of at least 4 members (excludes halogenated alkanes) is 3. The number of benzene rings is 2. The minimum absolute atomic E-state index is 0.0127. The summed E-state index contributed by atoms with van der Waals surface area (Å²) >= 11 is 0. The average molecular weight is 322 g/mol. The van der Waals surface area contributed by atoms with Crippen LogP contribution in [0.2, 0.25) is 0 Å². The number of para-hydroxylation sites is 2. The van der Waals surface area contributed by atoms with Gasteiger partial charge in [-0.1, -0.05) is 61.4 Å². The second-order valence-corrected chi connectivity index (χ2v) is 5.56. The lowest BCUT2D eigenvalue weighted by molar-refractivity contribution is -0.269. The molecule has 0 bridgehead atoms. The number of hydrogen-bond donors (Lipinski definition) is 0. The van der Waals surface area contributed by atoms with Gasteiger partial charge in [0.1, 0.15) is 0 Å². The van der Waals surface area contributed by atoms with Gasteiger partial charge in [-0.2, -0.15) is 0 Å². The number of nitrogens with zero attached hydrogens (tertiary/aromatic N) is 2. The van der Waals surface area contributed by atoms with Gasteiger partial charge in [-0.15, -0.1) is 11.5 Å². The summed E-state index contributed by atoms with van der Waals surface area (Å²) in [7, 11) is 0. The van der Waals surface area contributed by atoms with E-state index in [1.54, 1.807) is 48.8 Å². The van der Waals surface area contributed by atoms with Gasteiger partial charge in [0, 0.05) is 25.5 Å². The Kier molecular flexibility index (Phi) is 7.54. The molecule has 0 aliphatic heterocycles. The van der Waals surface area contributed by atoms with Crippen LogP contribution in [0.5, 0.6) is 11.5 Å². The number of hydrogen-bond acceptors (Lipinski definition) is 4. The van der Waals surface area contributed by atoms with Gasteiger partial charge in [-0.05, 0) is 24.0 Å². The summed E-state index contributed by atoms with van der Waals surface area (Å²) in [4.78, 5) is 8.59. The maximum atomic E-state index is 11.5. The first-order chi connectivity index (χ1) is 11.8. The molecule has 4 heteroatoms. The Hall–Kier alpha value is -2.62. The zero-order valence-electron chi connectivity index (χ0n) is 13.7. The van der Waals surface area contributed by atoms with E-state index in [-0.39, 0.29) is 11.5 Å². The smallest absolute Gasteiger partial charge is 0.0389 e. The Morgan fingerprint density at radius 1 is 0.625 bits per heavy atom. The van der Waals surface area contributed by atoms with Crippen LogP contribution in [0.25, 0.3) is 0 Å². The molecule has 0 saturated carbocycles. The number of rotatable bonds is 9. The van der Waals surface area contributed by atoms with Gasteiger partial charge in [0.2, 0.25) is 0 Å². The molecular weight excluding hydrogens is 300 g/mol. The van der Waals surface area contributed by atoms with Crippen molar-refractivity contribution in [1.82, 2.24) is 0 Å². The van der Waals surface area contributed by atoms with E-state index in [4.69, 9.17) is 0 Å². The van der Waals surface area contributed by atoms with Gasteiger partial charge < -0.3 is 10.2 Å². The second kappa shape index (κ2) is 10.2. The van der Waals surface area contributed by atoms with Crippen molar-refractivity contribution in [3.8, 4) is 11.5 Å². The molecule has 2 aromatic carbocycles. The first-order valence-corrected chi connectivity index (χ1v) is 8.29. The Balaban J connectivity index is 1.54. The SMILES string of the molecule is [O-]c1ccccc1C=NCCCCCCN=Cc1ccccc1[O-]. The predicted molar refractivity (Wildman–Crippen MR) is 95.2 cm³/mol. The summed E-state index contributed by atoms with van der Waals surface area (Å²) < 4.78 is 0. The van der Waals surface area contributed by atoms with Crippen molar-refractivity contribution in [3.05, 3.63) is 59.7 Å². The van der Waals surface area contributed by atoms with E-state index in [0.29, 0.717) is 11.1 Å². The molecule has 0 atom stereocenters. The summed E-state index contributed by atoms with van der Waals surface area (Å²) in [5.74, 6) is 0.0255. The van der Waals surface area contributed by atoms with Crippen LogP contribution in [0.4, 0.5) is 0 Å². The van der Waals surface area contributed by atoms with Crippen LogP contribution >= 0.6 is 0 Å². The van der Waals surface area contributed by atoms with E-state index in [9.17, 15) is 10.2 Å². The van der Waals surface area contributed by atoms with E-state index in [1.807, 2.05) is 12.1 Å². The maximum Gasteiger partial charge on any atom is 0.0389 e. The van der Waals surface area contributed by atoms with Crippen LogP contribution in [-0.2, 0) is 0 Å². The highest BCUT2D eigenvalue weighted by molar-refractivity contribution is 5.83. The third-order valence-corrected chi connectivity index (χ3v) is 3.62. The van der Waals surface area contributed by atoms with E-state index in [0.717, 1.165) is 38.8 Å². The lowest BCUT2D eigenvalue weighted by Crippen LogP contribution is -1.96. The van der Waals surface area contributed by atoms with E-state index in [1.165, 1.54) is 0 Å². The Labute approximate surface area is 143 Å². The molecule has 0 spiro atoms. The summed E-state index contributed by atoms with van der Waals surface area (Å²) in [6.45, 7) is 1.47. The summed E-state index contributed by atoms with van der Waals surface area (Å²) in [6.07, 6.45) is 7.50. The molecule has 0 aliphatic carbocycles. The minimum Gasteiger partial charge on any atom is -0.872 e. The molecule has 0 aromatic heterocycles. The molecule has 0 N–H and O–H groups in total. The average Bonchev–Trinajstić information content (AvgIpc) is 2.59. The molecule has 0 aliphatic rings. The van der Waals surface area contributed by atoms with Crippen molar-refractivity contribution in [3.63, 3.8) is 0 Å². The first kappa shape index (κ1) is 17.7. The van der Waals surface area contributed by atoms with Gasteiger partial charge >= 0.3 is 0 Å². The quantitative estimate of drug-likeness (QED) is 0.526. The van der Waals surface area contributed by atoms with Gasteiger partial charge in [-0.3, -0.25) is 9.98 Å². The van der Waals surface area contributed by atoms with Crippen LogP contribution in [0.3, 0.4) is 0 Å². The molecule has 0 heterocycles. The molecule has 0 radical (unpaired) electrons. The molecule has 0 fully saturated rings. The van der Waals surface area contributed by atoms with Gasteiger partial charge in [-0.25, -0.2) is 0 Å². The maximum absolute atomic E-state index is 11.5. The third-order valence-electron chi connectivity index (χ3n) is 3.62. The van der Waals surface area contributed by atoms with Crippen molar-refractivity contribution in [2.75, 3.05) is 13.1 Å². The minimum atomic E-state index is 0.0127. The van der Waals surface area contributed by atoms with Crippen LogP contribution in [0, 0.1) is 0 Å².